The van der Waals surface area contributed by atoms with Crippen LogP contribution < -0.4 is 20.1 Å². The van der Waals surface area contributed by atoms with Crippen LogP contribution in [0.2, 0.25) is 0 Å². The fourth-order valence-electron chi connectivity index (χ4n) is 3.27. The van der Waals surface area contributed by atoms with Crippen LogP contribution in [-0.4, -0.2) is 24.0 Å². The van der Waals surface area contributed by atoms with Gasteiger partial charge in [-0.25, -0.2) is 0 Å². The zero-order chi connectivity index (χ0) is 23.6. The van der Waals surface area contributed by atoms with E-state index in [4.69, 9.17) is 9.47 Å². The first kappa shape index (κ1) is 23.9. The number of ether oxygens (including phenoxy) is 2. The Bertz CT molecular complexity index is 1050. The summed E-state index contributed by atoms with van der Waals surface area (Å²) in [6, 6.07) is 23.9. The molecule has 0 bridgehead atoms. The third-order valence-electron chi connectivity index (χ3n) is 5.06. The molecule has 0 heterocycles. The Morgan fingerprint density at radius 3 is 1.61 bits per heavy atom. The van der Waals surface area contributed by atoms with Crippen LogP contribution in [0.15, 0.2) is 78.9 Å². The number of carbonyl (C=O) groups is 2. The van der Waals surface area contributed by atoms with Crippen LogP contribution in [-0.2, 0) is 9.59 Å². The Labute approximate surface area is 194 Å². The lowest BCUT2D eigenvalue weighted by molar-refractivity contribution is -0.123. The molecule has 6 heteroatoms. The van der Waals surface area contributed by atoms with E-state index < -0.39 is 12.2 Å². The van der Waals surface area contributed by atoms with Gasteiger partial charge >= 0.3 is 0 Å². The summed E-state index contributed by atoms with van der Waals surface area (Å²) in [7, 11) is 0. The average molecular weight is 447 g/mol. The van der Waals surface area contributed by atoms with E-state index >= 15 is 0 Å². The molecular formula is C27H30N2O4. The SMILES string of the molecule is CC[C@@H](Oc1ccccc1)C(=O)Nc1ccc(C)cc1NC(=O)[C@@H](CC)Oc1ccccc1. The van der Waals surface area contributed by atoms with E-state index in [9.17, 15) is 9.59 Å². The molecule has 2 amide bonds. The van der Waals surface area contributed by atoms with Gasteiger partial charge in [0, 0.05) is 0 Å². The molecule has 0 unspecified atom stereocenters. The maximum Gasteiger partial charge on any atom is 0.265 e. The number of para-hydroxylation sites is 2. The summed E-state index contributed by atoms with van der Waals surface area (Å²) in [6.07, 6.45) is -0.336. The molecule has 0 saturated carbocycles. The highest BCUT2D eigenvalue weighted by Gasteiger charge is 2.22. The van der Waals surface area contributed by atoms with Gasteiger partial charge in [0.2, 0.25) is 0 Å². The predicted octanol–water partition coefficient (Wildman–Crippen LogP) is 5.59. The quantitative estimate of drug-likeness (QED) is 0.426. The monoisotopic (exact) mass is 446 g/mol. The summed E-state index contributed by atoms with van der Waals surface area (Å²) in [6.45, 7) is 5.70. The number of hydrogen-bond donors (Lipinski definition) is 2. The standard InChI is InChI=1S/C27H30N2O4/c1-4-24(32-20-12-8-6-9-13-20)26(30)28-22-17-16-19(3)18-23(22)29-27(31)25(5-2)33-21-14-10-7-11-15-21/h6-18,24-25H,4-5H2,1-3H3,(H,28,30)(H,29,31)/t24-,25-/m1/s1. The lowest BCUT2D eigenvalue weighted by atomic mass is 10.1. The summed E-state index contributed by atoms with van der Waals surface area (Å²) >= 11 is 0. The molecule has 0 fully saturated rings. The summed E-state index contributed by atoms with van der Waals surface area (Å²) in [5.74, 6) is 0.685. The van der Waals surface area contributed by atoms with Crippen molar-refractivity contribution in [1.82, 2.24) is 0 Å². The van der Waals surface area contributed by atoms with Crippen LogP contribution in [0.3, 0.4) is 0 Å². The second-order valence-electron chi connectivity index (χ2n) is 7.68. The van der Waals surface area contributed by atoms with E-state index in [1.54, 1.807) is 6.07 Å². The molecule has 33 heavy (non-hydrogen) atoms. The van der Waals surface area contributed by atoms with Crippen LogP contribution in [0.25, 0.3) is 0 Å². The van der Waals surface area contributed by atoms with Crippen molar-refractivity contribution in [3.8, 4) is 11.5 Å². The minimum atomic E-state index is -0.665. The van der Waals surface area contributed by atoms with E-state index in [2.05, 4.69) is 10.6 Å². The van der Waals surface area contributed by atoms with Crippen LogP contribution in [0.1, 0.15) is 32.3 Å². The molecule has 0 saturated heterocycles. The van der Waals surface area contributed by atoms with Gasteiger partial charge in [-0.05, 0) is 61.7 Å². The second-order valence-corrected chi connectivity index (χ2v) is 7.68. The normalized spacial score (nSPS) is 12.3. The van der Waals surface area contributed by atoms with Gasteiger partial charge < -0.3 is 20.1 Å². The molecule has 0 aliphatic heterocycles. The fourth-order valence-corrected chi connectivity index (χ4v) is 3.27. The Kier molecular flexibility index (Phi) is 8.47. The van der Waals surface area contributed by atoms with E-state index in [1.165, 1.54) is 0 Å². The summed E-state index contributed by atoms with van der Waals surface area (Å²) in [5.41, 5.74) is 1.97. The number of amides is 2. The van der Waals surface area contributed by atoms with E-state index in [1.807, 2.05) is 93.6 Å². The summed E-state index contributed by atoms with van der Waals surface area (Å²) in [4.78, 5) is 25.9. The van der Waals surface area contributed by atoms with Crippen LogP contribution in [0.4, 0.5) is 11.4 Å². The molecule has 0 aliphatic carbocycles. The molecule has 0 aromatic heterocycles. The first-order chi connectivity index (χ1) is 16.0. The van der Waals surface area contributed by atoms with E-state index in [0.717, 1.165) is 5.56 Å². The van der Waals surface area contributed by atoms with Crippen molar-refractivity contribution in [2.75, 3.05) is 10.6 Å². The van der Waals surface area contributed by atoms with E-state index in [0.29, 0.717) is 35.7 Å². The highest BCUT2D eigenvalue weighted by Crippen LogP contribution is 2.25. The van der Waals surface area contributed by atoms with Crippen molar-refractivity contribution < 1.29 is 19.1 Å². The molecule has 0 radical (unpaired) electrons. The first-order valence-electron chi connectivity index (χ1n) is 11.2. The highest BCUT2D eigenvalue weighted by molar-refractivity contribution is 6.02. The Balaban J connectivity index is 1.72. The predicted molar refractivity (Wildman–Crippen MR) is 131 cm³/mol. The lowest BCUT2D eigenvalue weighted by Crippen LogP contribution is -2.34. The van der Waals surface area contributed by atoms with Crippen molar-refractivity contribution >= 4 is 23.2 Å². The van der Waals surface area contributed by atoms with Gasteiger partial charge in [0.15, 0.2) is 12.2 Å². The zero-order valence-corrected chi connectivity index (χ0v) is 19.2. The summed E-state index contributed by atoms with van der Waals surface area (Å²) in [5, 5.41) is 5.82. The first-order valence-corrected chi connectivity index (χ1v) is 11.2. The molecule has 2 N–H and O–H groups in total. The van der Waals surface area contributed by atoms with Crippen molar-refractivity contribution in [1.29, 1.82) is 0 Å². The maximum atomic E-state index is 13.0. The molecule has 0 spiro atoms. The van der Waals surface area contributed by atoms with Crippen LogP contribution in [0.5, 0.6) is 11.5 Å². The average Bonchev–Trinajstić information content (AvgIpc) is 2.83. The Morgan fingerprint density at radius 2 is 1.15 bits per heavy atom. The van der Waals surface area contributed by atoms with Crippen LogP contribution in [0, 0.1) is 6.92 Å². The minimum Gasteiger partial charge on any atom is -0.481 e. The van der Waals surface area contributed by atoms with Crippen LogP contribution >= 0.6 is 0 Å². The van der Waals surface area contributed by atoms with Gasteiger partial charge in [0.05, 0.1) is 11.4 Å². The third kappa shape index (κ3) is 6.84. The van der Waals surface area contributed by atoms with Gasteiger partial charge in [-0.1, -0.05) is 56.3 Å². The van der Waals surface area contributed by atoms with Crippen molar-refractivity contribution in [2.45, 2.75) is 45.8 Å². The van der Waals surface area contributed by atoms with Gasteiger partial charge in [-0.3, -0.25) is 9.59 Å². The molecule has 0 aliphatic rings. The third-order valence-corrected chi connectivity index (χ3v) is 5.06. The Morgan fingerprint density at radius 1 is 0.697 bits per heavy atom. The molecule has 172 valence electrons. The molecule has 3 aromatic rings. The summed E-state index contributed by atoms with van der Waals surface area (Å²) < 4.78 is 11.7. The van der Waals surface area contributed by atoms with Crippen molar-refractivity contribution in [3.63, 3.8) is 0 Å². The molecule has 3 aromatic carbocycles. The highest BCUT2D eigenvalue weighted by atomic mass is 16.5. The maximum absolute atomic E-state index is 13.0. The number of hydrogen-bond acceptors (Lipinski definition) is 4. The molecular weight excluding hydrogens is 416 g/mol. The van der Waals surface area contributed by atoms with Crippen molar-refractivity contribution in [3.05, 3.63) is 84.4 Å². The van der Waals surface area contributed by atoms with Gasteiger partial charge in [-0.2, -0.15) is 0 Å². The second kappa shape index (κ2) is 11.7. The van der Waals surface area contributed by atoms with Gasteiger partial charge in [0.1, 0.15) is 11.5 Å². The smallest absolute Gasteiger partial charge is 0.265 e. The van der Waals surface area contributed by atoms with Gasteiger partial charge in [-0.15, -0.1) is 0 Å². The molecule has 3 rings (SSSR count). The number of anilines is 2. The minimum absolute atomic E-state index is 0.282. The fraction of sp³-hybridized carbons (Fsp3) is 0.259. The lowest BCUT2D eigenvalue weighted by Gasteiger charge is -2.21. The number of benzene rings is 3. The zero-order valence-electron chi connectivity index (χ0n) is 19.2. The number of aryl methyl sites for hydroxylation is 1. The van der Waals surface area contributed by atoms with E-state index in [-0.39, 0.29) is 11.8 Å². The Hall–Kier alpha value is -3.80. The molecule has 2 atom stereocenters. The topological polar surface area (TPSA) is 76.7 Å². The van der Waals surface area contributed by atoms with Gasteiger partial charge in [0.25, 0.3) is 11.8 Å². The largest absolute Gasteiger partial charge is 0.481 e. The number of carbonyl (C=O) groups excluding carboxylic acids is 2. The number of rotatable bonds is 10. The van der Waals surface area contributed by atoms with Crippen molar-refractivity contribution in [2.24, 2.45) is 0 Å². The molecule has 6 nitrogen and oxygen atoms in total. The number of nitrogens with one attached hydrogen (secondary N) is 2.